The van der Waals surface area contributed by atoms with Crippen molar-refractivity contribution in [2.75, 3.05) is 0 Å². The monoisotopic (exact) mass is 242 g/mol. The van der Waals surface area contributed by atoms with Gasteiger partial charge in [-0.15, -0.1) is 0 Å². The summed E-state index contributed by atoms with van der Waals surface area (Å²) in [5.74, 6) is -0.181. The fraction of sp³-hybridized carbons (Fsp3) is 0.0714. The number of carbonyl (C=O) groups excluding carboxylic acids is 1. The molecule has 0 spiro atoms. The molecule has 0 saturated heterocycles. The minimum Gasteiger partial charge on any atom is -0.461 e. The maximum atomic E-state index is 11.9. The van der Waals surface area contributed by atoms with Crippen LogP contribution < -0.4 is 0 Å². The number of Topliss-reactive ketones (excluding diaryl/α,β-unsaturated/α-hetero) is 1. The van der Waals surface area contributed by atoms with Crippen molar-refractivity contribution in [2.24, 2.45) is 0 Å². The molecule has 90 valence electrons. The smallest absolute Gasteiger partial charge is 0.234 e. The van der Waals surface area contributed by atoms with E-state index in [1.165, 1.54) is 12.3 Å². The minimum absolute atomic E-state index is 0.114. The van der Waals surface area contributed by atoms with Gasteiger partial charge in [-0.3, -0.25) is 4.79 Å². The molecule has 3 aromatic rings. The molecule has 2 heterocycles. The molecule has 18 heavy (non-hydrogen) atoms. The van der Waals surface area contributed by atoms with Crippen molar-refractivity contribution in [1.82, 2.24) is 0 Å². The van der Waals surface area contributed by atoms with E-state index in [4.69, 9.17) is 8.83 Å². The highest BCUT2D eigenvalue weighted by molar-refractivity contribution is 5.97. The van der Waals surface area contributed by atoms with Gasteiger partial charge in [0.25, 0.3) is 0 Å². The van der Waals surface area contributed by atoms with E-state index in [2.05, 4.69) is 0 Å². The number of ketones is 1. The van der Waals surface area contributed by atoms with E-state index < -0.39 is 11.9 Å². The summed E-state index contributed by atoms with van der Waals surface area (Å²) in [6, 6.07) is 12.1. The first kappa shape index (κ1) is 10.8. The van der Waals surface area contributed by atoms with E-state index in [-0.39, 0.29) is 11.5 Å². The van der Waals surface area contributed by atoms with E-state index in [0.29, 0.717) is 5.58 Å². The first-order chi connectivity index (χ1) is 8.75. The van der Waals surface area contributed by atoms with Crippen LogP contribution in [-0.2, 0) is 0 Å². The second-order valence-corrected chi connectivity index (χ2v) is 3.93. The molecule has 0 aliphatic rings. The molecule has 0 radical (unpaired) electrons. The second kappa shape index (κ2) is 4.16. The number of furan rings is 2. The zero-order valence-electron chi connectivity index (χ0n) is 9.37. The molecule has 4 nitrogen and oxygen atoms in total. The Kier molecular flexibility index (Phi) is 2.50. The molecule has 1 N–H and O–H groups in total. The molecule has 0 aliphatic carbocycles. The number of benzene rings is 1. The van der Waals surface area contributed by atoms with Gasteiger partial charge in [-0.25, -0.2) is 0 Å². The first-order valence-electron chi connectivity index (χ1n) is 5.50. The lowest BCUT2D eigenvalue weighted by atomic mass is 10.1. The fourth-order valence-electron chi connectivity index (χ4n) is 1.82. The number of aliphatic hydroxyl groups is 1. The van der Waals surface area contributed by atoms with Crippen molar-refractivity contribution in [2.45, 2.75) is 6.10 Å². The van der Waals surface area contributed by atoms with Gasteiger partial charge in [0.2, 0.25) is 5.78 Å². The number of fused-ring (bicyclic) bond motifs is 1. The average molecular weight is 242 g/mol. The van der Waals surface area contributed by atoms with Crippen molar-refractivity contribution in [3.05, 3.63) is 60.2 Å². The predicted octanol–water partition coefficient (Wildman–Crippen LogP) is 2.94. The number of aliphatic hydroxyl groups excluding tert-OH is 1. The SMILES string of the molecule is O=C(c1ccco1)C(O)c1cc2ccccc2o1. The van der Waals surface area contributed by atoms with Gasteiger partial charge in [-0.1, -0.05) is 18.2 Å². The zero-order valence-corrected chi connectivity index (χ0v) is 9.37. The molecule has 0 aliphatic heterocycles. The standard InChI is InChI=1S/C14H10O4/c15-13(11-6-3-7-17-11)14(16)12-8-9-4-1-2-5-10(9)18-12/h1-8,14,16H. The summed E-state index contributed by atoms with van der Waals surface area (Å²) >= 11 is 0. The van der Waals surface area contributed by atoms with Crippen LogP contribution in [0.1, 0.15) is 22.4 Å². The van der Waals surface area contributed by atoms with Crippen LogP contribution in [0.2, 0.25) is 0 Å². The van der Waals surface area contributed by atoms with Gasteiger partial charge in [0.1, 0.15) is 11.3 Å². The lowest BCUT2D eigenvalue weighted by molar-refractivity contribution is 0.0677. The van der Waals surface area contributed by atoms with Crippen molar-refractivity contribution in [3.8, 4) is 0 Å². The molecule has 1 atom stereocenters. The van der Waals surface area contributed by atoms with E-state index in [0.717, 1.165) is 5.39 Å². The van der Waals surface area contributed by atoms with Gasteiger partial charge >= 0.3 is 0 Å². The lowest BCUT2D eigenvalue weighted by Gasteiger charge is -2.03. The highest BCUT2D eigenvalue weighted by Crippen LogP contribution is 2.26. The van der Waals surface area contributed by atoms with Gasteiger partial charge in [-0.05, 0) is 24.3 Å². The number of hydrogen-bond acceptors (Lipinski definition) is 4. The lowest BCUT2D eigenvalue weighted by Crippen LogP contribution is -2.10. The summed E-state index contributed by atoms with van der Waals surface area (Å²) in [4.78, 5) is 11.9. The Morgan fingerprint density at radius 1 is 1.17 bits per heavy atom. The quantitative estimate of drug-likeness (QED) is 0.717. The topological polar surface area (TPSA) is 63.6 Å². The number of para-hydroxylation sites is 1. The number of carbonyl (C=O) groups is 1. The molecule has 0 fully saturated rings. The van der Waals surface area contributed by atoms with Crippen molar-refractivity contribution < 1.29 is 18.7 Å². The fourth-order valence-corrected chi connectivity index (χ4v) is 1.82. The molecule has 1 aromatic carbocycles. The first-order valence-corrected chi connectivity index (χ1v) is 5.50. The van der Waals surface area contributed by atoms with E-state index in [9.17, 15) is 9.90 Å². The van der Waals surface area contributed by atoms with Gasteiger partial charge in [0, 0.05) is 5.39 Å². The largest absolute Gasteiger partial charge is 0.461 e. The van der Waals surface area contributed by atoms with E-state index >= 15 is 0 Å². The second-order valence-electron chi connectivity index (χ2n) is 3.93. The van der Waals surface area contributed by atoms with Gasteiger partial charge < -0.3 is 13.9 Å². The summed E-state index contributed by atoms with van der Waals surface area (Å²) in [5, 5.41) is 10.8. The Balaban J connectivity index is 1.96. The summed E-state index contributed by atoms with van der Waals surface area (Å²) in [6.07, 6.45) is 0.0436. The van der Waals surface area contributed by atoms with Crippen LogP contribution in [0.25, 0.3) is 11.0 Å². The van der Waals surface area contributed by atoms with Crippen LogP contribution in [0.5, 0.6) is 0 Å². The third-order valence-electron chi connectivity index (χ3n) is 2.73. The maximum Gasteiger partial charge on any atom is 0.234 e. The van der Waals surface area contributed by atoms with Crippen molar-refractivity contribution in [1.29, 1.82) is 0 Å². The minimum atomic E-state index is -1.34. The molecule has 2 aromatic heterocycles. The molecule has 3 rings (SSSR count). The highest BCUT2D eigenvalue weighted by Gasteiger charge is 2.24. The summed E-state index contributed by atoms with van der Waals surface area (Å²) in [7, 11) is 0. The van der Waals surface area contributed by atoms with Gasteiger partial charge in [0.15, 0.2) is 11.9 Å². The normalized spacial score (nSPS) is 12.7. The molecule has 1 unspecified atom stereocenters. The maximum absolute atomic E-state index is 11.9. The third kappa shape index (κ3) is 1.72. The Bertz CT molecular complexity index is 646. The van der Waals surface area contributed by atoms with Crippen LogP contribution in [0, 0.1) is 0 Å². The van der Waals surface area contributed by atoms with Crippen LogP contribution in [0.4, 0.5) is 0 Å². The van der Waals surface area contributed by atoms with Crippen molar-refractivity contribution >= 4 is 16.8 Å². The van der Waals surface area contributed by atoms with Crippen molar-refractivity contribution in [3.63, 3.8) is 0 Å². The predicted molar refractivity (Wildman–Crippen MR) is 64.2 cm³/mol. The number of rotatable bonds is 3. The Labute approximate surface area is 102 Å². The van der Waals surface area contributed by atoms with E-state index in [1.807, 2.05) is 18.2 Å². The molecule has 0 bridgehead atoms. The Morgan fingerprint density at radius 3 is 2.72 bits per heavy atom. The zero-order chi connectivity index (χ0) is 12.5. The third-order valence-corrected chi connectivity index (χ3v) is 2.73. The molecule has 4 heteroatoms. The molecule has 0 amide bonds. The van der Waals surface area contributed by atoms with Gasteiger partial charge in [-0.2, -0.15) is 0 Å². The number of hydrogen-bond donors (Lipinski definition) is 1. The van der Waals surface area contributed by atoms with Crippen LogP contribution in [-0.4, -0.2) is 10.9 Å². The molecular weight excluding hydrogens is 232 g/mol. The van der Waals surface area contributed by atoms with Crippen LogP contribution in [0.15, 0.2) is 57.6 Å². The van der Waals surface area contributed by atoms with Gasteiger partial charge in [0.05, 0.1) is 6.26 Å². The summed E-state index contributed by atoms with van der Waals surface area (Å²) < 4.78 is 10.4. The average Bonchev–Trinajstić information content (AvgIpc) is 3.05. The summed E-state index contributed by atoms with van der Waals surface area (Å²) in [6.45, 7) is 0. The Morgan fingerprint density at radius 2 is 2.00 bits per heavy atom. The molecule has 0 saturated carbocycles. The highest BCUT2D eigenvalue weighted by atomic mass is 16.4. The van der Waals surface area contributed by atoms with E-state index in [1.54, 1.807) is 18.2 Å². The summed E-state index contributed by atoms with van der Waals surface area (Å²) in [5.41, 5.74) is 0.638. The van der Waals surface area contributed by atoms with Crippen LogP contribution in [0.3, 0.4) is 0 Å². The van der Waals surface area contributed by atoms with Crippen LogP contribution >= 0.6 is 0 Å². The Hall–Kier alpha value is -2.33. The molecular formula is C14H10O4.